The van der Waals surface area contributed by atoms with Crippen LogP contribution in [0.25, 0.3) is 0 Å². The molecule has 0 atom stereocenters. The quantitative estimate of drug-likeness (QED) is 0.876. The number of nitrogens with one attached hydrogen (secondary N) is 1. The van der Waals surface area contributed by atoms with Crippen LogP contribution in [0, 0.1) is 11.8 Å². The van der Waals surface area contributed by atoms with Gasteiger partial charge in [-0.25, -0.2) is 4.79 Å². The van der Waals surface area contributed by atoms with Gasteiger partial charge in [0.25, 0.3) is 0 Å². The van der Waals surface area contributed by atoms with E-state index in [4.69, 9.17) is 5.11 Å². The molecule has 1 saturated carbocycles. The van der Waals surface area contributed by atoms with Gasteiger partial charge in [0.05, 0.1) is 6.54 Å². The molecule has 0 saturated heterocycles. The molecule has 0 aromatic carbocycles. The van der Waals surface area contributed by atoms with E-state index in [0.29, 0.717) is 11.4 Å². The topological polar surface area (TPSA) is 66.4 Å². The van der Waals surface area contributed by atoms with Gasteiger partial charge in [-0.3, -0.25) is 4.79 Å². The van der Waals surface area contributed by atoms with E-state index in [1.165, 1.54) is 17.8 Å². The average Bonchev–Trinajstić information content (AvgIpc) is 2.94. The number of aromatic carboxylic acids is 1. The number of carboxylic acid groups (broad SMARTS) is 1. The van der Waals surface area contributed by atoms with Gasteiger partial charge < -0.3 is 10.4 Å². The largest absolute Gasteiger partial charge is 0.477 e. The number of rotatable bonds is 5. The highest BCUT2D eigenvalue weighted by Gasteiger charge is 2.25. The van der Waals surface area contributed by atoms with Crippen molar-refractivity contribution in [3.63, 3.8) is 0 Å². The second-order valence-electron chi connectivity index (χ2n) is 5.41. The molecule has 0 bridgehead atoms. The zero-order valence-electron chi connectivity index (χ0n) is 11.7. The van der Waals surface area contributed by atoms with Crippen molar-refractivity contribution in [3.8, 4) is 0 Å². The zero-order chi connectivity index (χ0) is 14.5. The van der Waals surface area contributed by atoms with Crippen molar-refractivity contribution in [1.82, 2.24) is 5.32 Å². The van der Waals surface area contributed by atoms with E-state index in [2.05, 4.69) is 12.2 Å². The molecule has 1 fully saturated rings. The summed E-state index contributed by atoms with van der Waals surface area (Å²) in [5.41, 5.74) is 0. The minimum atomic E-state index is -0.912. The third-order valence-corrected chi connectivity index (χ3v) is 5.18. The van der Waals surface area contributed by atoms with Gasteiger partial charge in [-0.15, -0.1) is 11.3 Å². The van der Waals surface area contributed by atoms with E-state index in [1.807, 2.05) is 0 Å². The van der Waals surface area contributed by atoms with Crippen LogP contribution in [0.1, 0.15) is 53.6 Å². The van der Waals surface area contributed by atoms with Crippen LogP contribution >= 0.6 is 11.3 Å². The maximum absolute atomic E-state index is 12.1. The standard InChI is InChI=1S/C15H21NO3S/c1-2-10-3-5-11(6-4-10)14(17)16-9-12-7-8-13(20-12)15(18)19/h7-8,10-11H,2-6,9H2,1H3,(H,16,17)(H,18,19). The van der Waals surface area contributed by atoms with Crippen molar-refractivity contribution in [2.45, 2.75) is 45.6 Å². The van der Waals surface area contributed by atoms with Crippen LogP contribution in [0.5, 0.6) is 0 Å². The Kier molecular flexibility index (Phi) is 5.17. The number of carbonyl (C=O) groups is 2. The molecular weight excluding hydrogens is 274 g/mol. The van der Waals surface area contributed by atoms with E-state index in [9.17, 15) is 9.59 Å². The number of thiophene rings is 1. The summed E-state index contributed by atoms with van der Waals surface area (Å²) >= 11 is 1.22. The minimum Gasteiger partial charge on any atom is -0.477 e. The van der Waals surface area contributed by atoms with Crippen molar-refractivity contribution in [1.29, 1.82) is 0 Å². The lowest BCUT2D eigenvalue weighted by atomic mass is 9.80. The van der Waals surface area contributed by atoms with Crippen molar-refractivity contribution >= 4 is 23.2 Å². The maximum Gasteiger partial charge on any atom is 0.345 e. The lowest BCUT2D eigenvalue weighted by Crippen LogP contribution is -2.32. The fraction of sp³-hybridized carbons (Fsp3) is 0.600. The molecule has 2 rings (SSSR count). The second-order valence-corrected chi connectivity index (χ2v) is 6.58. The number of amides is 1. The van der Waals surface area contributed by atoms with Crippen LogP contribution in [-0.4, -0.2) is 17.0 Å². The summed E-state index contributed by atoms with van der Waals surface area (Å²) in [5, 5.41) is 11.8. The molecule has 1 amide bonds. The molecule has 5 heteroatoms. The Hall–Kier alpha value is -1.36. The summed E-state index contributed by atoms with van der Waals surface area (Å²) in [6, 6.07) is 3.35. The summed E-state index contributed by atoms with van der Waals surface area (Å²) in [6.45, 7) is 2.65. The molecule has 0 unspecified atom stereocenters. The van der Waals surface area contributed by atoms with E-state index in [0.717, 1.165) is 36.5 Å². The number of carboxylic acids is 1. The first-order chi connectivity index (χ1) is 9.60. The van der Waals surface area contributed by atoms with Crippen LogP contribution in [0.3, 0.4) is 0 Å². The summed E-state index contributed by atoms with van der Waals surface area (Å²) in [6.07, 6.45) is 5.47. The van der Waals surface area contributed by atoms with Crippen LogP contribution in [0.2, 0.25) is 0 Å². The maximum atomic E-state index is 12.1. The summed E-state index contributed by atoms with van der Waals surface area (Å²) in [4.78, 5) is 24.1. The van der Waals surface area contributed by atoms with E-state index >= 15 is 0 Å². The van der Waals surface area contributed by atoms with E-state index in [-0.39, 0.29) is 11.8 Å². The summed E-state index contributed by atoms with van der Waals surface area (Å²) < 4.78 is 0. The van der Waals surface area contributed by atoms with Crippen LogP contribution < -0.4 is 5.32 Å². The Labute approximate surface area is 123 Å². The SMILES string of the molecule is CCC1CCC(C(=O)NCc2ccc(C(=O)O)s2)CC1. The summed E-state index contributed by atoms with van der Waals surface area (Å²) in [7, 11) is 0. The molecule has 1 aromatic rings. The number of hydrogen-bond acceptors (Lipinski definition) is 3. The van der Waals surface area contributed by atoms with Gasteiger partial charge in [-0.05, 0) is 43.7 Å². The highest BCUT2D eigenvalue weighted by atomic mass is 32.1. The Morgan fingerprint density at radius 1 is 1.30 bits per heavy atom. The molecule has 1 aliphatic rings. The lowest BCUT2D eigenvalue weighted by molar-refractivity contribution is -0.126. The van der Waals surface area contributed by atoms with Crippen molar-refractivity contribution in [2.75, 3.05) is 0 Å². The highest BCUT2D eigenvalue weighted by Crippen LogP contribution is 2.30. The Morgan fingerprint density at radius 2 is 2.00 bits per heavy atom. The lowest BCUT2D eigenvalue weighted by Gasteiger charge is -2.26. The third-order valence-electron chi connectivity index (χ3n) is 4.10. The molecule has 110 valence electrons. The normalized spacial score (nSPS) is 22.4. The Balaban J connectivity index is 1.78. The predicted molar refractivity (Wildman–Crippen MR) is 78.9 cm³/mol. The van der Waals surface area contributed by atoms with Crippen LogP contribution in [0.4, 0.5) is 0 Å². The van der Waals surface area contributed by atoms with E-state index in [1.54, 1.807) is 12.1 Å². The monoisotopic (exact) mass is 295 g/mol. The van der Waals surface area contributed by atoms with Gasteiger partial charge in [0.2, 0.25) is 5.91 Å². The second kappa shape index (κ2) is 6.88. The molecule has 2 N–H and O–H groups in total. The van der Waals surface area contributed by atoms with Gasteiger partial charge in [0.1, 0.15) is 4.88 Å². The highest BCUT2D eigenvalue weighted by molar-refractivity contribution is 7.13. The first kappa shape index (κ1) is 15.0. The van der Waals surface area contributed by atoms with Crippen LogP contribution in [-0.2, 0) is 11.3 Å². The van der Waals surface area contributed by atoms with Gasteiger partial charge in [0.15, 0.2) is 0 Å². The van der Waals surface area contributed by atoms with Gasteiger partial charge >= 0.3 is 5.97 Å². The first-order valence-corrected chi connectivity index (χ1v) is 8.01. The Bertz CT molecular complexity index is 475. The molecule has 0 spiro atoms. The van der Waals surface area contributed by atoms with Gasteiger partial charge in [0, 0.05) is 10.8 Å². The fourth-order valence-electron chi connectivity index (χ4n) is 2.74. The van der Waals surface area contributed by atoms with Crippen molar-refractivity contribution in [2.24, 2.45) is 11.8 Å². The van der Waals surface area contributed by atoms with Crippen LogP contribution in [0.15, 0.2) is 12.1 Å². The van der Waals surface area contributed by atoms with Crippen molar-refractivity contribution in [3.05, 3.63) is 21.9 Å². The third kappa shape index (κ3) is 3.82. The molecule has 0 radical (unpaired) electrons. The first-order valence-electron chi connectivity index (χ1n) is 7.19. The fourth-order valence-corrected chi connectivity index (χ4v) is 3.53. The molecule has 0 aliphatic heterocycles. The Morgan fingerprint density at radius 3 is 2.55 bits per heavy atom. The molecule has 1 aliphatic carbocycles. The van der Waals surface area contributed by atoms with E-state index < -0.39 is 5.97 Å². The number of hydrogen-bond donors (Lipinski definition) is 2. The van der Waals surface area contributed by atoms with Gasteiger partial charge in [-0.1, -0.05) is 13.3 Å². The average molecular weight is 295 g/mol. The zero-order valence-corrected chi connectivity index (χ0v) is 12.5. The molecule has 4 nitrogen and oxygen atoms in total. The summed E-state index contributed by atoms with van der Waals surface area (Å²) in [5.74, 6) is 0.126. The van der Waals surface area contributed by atoms with Crippen molar-refractivity contribution < 1.29 is 14.7 Å². The molecule has 1 heterocycles. The molecule has 1 aromatic heterocycles. The smallest absolute Gasteiger partial charge is 0.345 e. The molecular formula is C15H21NO3S. The number of carbonyl (C=O) groups excluding carboxylic acids is 1. The predicted octanol–water partition coefficient (Wildman–Crippen LogP) is 3.28. The molecule has 20 heavy (non-hydrogen) atoms. The minimum absolute atomic E-state index is 0.116. The van der Waals surface area contributed by atoms with Gasteiger partial charge in [-0.2, -0.15) is 0 Å².